The number of β-lactam (4-membered cyclic amide) rings is 1. The first-order chi connectivity index (χ1) is 15.5. The third-order valence-electron chi connectivity index (χ3n) is 6.36. The van der Waals surface area contributed by atoms with Crippen molar-refractivity contribution in [2.45, 2.75) is 39.3 Å². The largest absolute Gasteiger partial charge is 0.477 e. The maximum Gasteiger partial charge on any atom is 0.352 e. The lowest BCUT2D eigenvalue weighted by Crippen LogP contribution is -2.66. The molecule has 0 aliphatic carbocycles. The number of nitrogens with zero attached hydrogens (tertiary/aromatic N) is 3. The molecule has 2 aromatic heterocycles. The molecule has 3 N–H and O–H groups in total. The van der Waals surface area contributed by atoms with Crippen molar-refractivity contribution in [2.24, 2.45) is 11.3 Å². The van der Waals surface area contributed by atoms with E-state index in [0.717, 1.165) is 11.3 Å². The molecule has 4 atom stereocenters. The number of aliphatic hydroxyl groups excluding tert-OH is 2. The van der Waals surface area contributed by atoms with Gasteiger partial charge in [0, 0.05) is 24.1 Å². The maximum absolute atomic E-state index is 12.8. The zero-order valence-corrected chi connectivity index (χ0v) is 19.0. The molecule has 1 saturated heterocycles. The molecule has 33 heavy (non-hydrogen) atoms. The number of carbonyl (C=O) groups excluding carboxylic acids is 3. The zero-order valence-electron chi connectivity index (χ0n) is 18.1. The Kier molecular flexibility index (Phi) is 5.63. The van der Waals surface area contributed by atoms with E-state index in [1.165, 1.54) is 25.1 Å². The molecule has 0 spiro atoms. The minimum absolute atomic E-state index is 0.00659. The lowest BCUT2D eigenvalue weighted by molar-refractivity contribution is -0.167. The molecule has 12 heteroatoms. The molecule has 1 unspecified atom stereocenters. The van der Waals surface area contributed by atoms with Gasteiger partial charge < -0.3 is 25.0 Å². The van der Waals surface area contributed by atoms with Gasteiger partial charge in [-0.1, -0.05) is 6.92 Å². The molecule has 0 saturated carbocycles. The summed E-state index contributed by atoms with van der Waals surface area (Å²) in [6, 6.07) is -0.639. The highest BCUT2D eigenvalue weighted by Gasteiger charge is 2.66. The Morgan fingerprint density at radius 1 is 1.36 bits per heavy atom. The second-order valence-electron chi connectivity index (χ2n) is 8.44. The first-order valence-corrected chi connectivity index (χ1v) is 11.1. The summed E-state index contributed by atoms with van der Waals surface area (Å²) in [5, 5.41) is 29.5. The number of amides is 1. The van der Waals surface area contributed by atoms with Gasteiger partial charge in [0.2, 0.25) is 11.7 Å². The van der Waals surface area contributed by atoms with Crippen LogP contribution in [-0.4, -0.2) is 78.6 Å². The number of aliphatic hydroxyl groups is 2. The Labute approximate surface area is 191 Å². The number of carboxylic acids is 1. The van der Waals surface area contributed by atoms with Crippen LogP contribution in [-0.2, 0) is 19.1 Å². The Morgan fingerprint density at radius 2 is 2.06 bits per heavy atom. The van der Waals surface area contributed by atoms with E-state index in [4.69, 9.17) is 4.74 Å². The fraction of sp³-hybridized carbons (Fsp3) is 0.476. The number of esters is 1. The Bertz CT molecular complexity index is 1210. The van der Waals surface area contributed by atoms with Gasteiger partial charge in [0.05, 0.1) is 29.5 Å². The predicted molar refractivity (Wildman–Crippen MR) is 114 cm³/mol. The number of rotatable bonds is 8. The molecule has 0 aromatic carbocycles. The summed E-state index contributed by atoms with van der Waals surface area (Å²) in [7, 11) is 0. The van der Waals surface area contributed by atoms with E-state index < -0.39 is 53.7 Å². The number of ketones is 1. The zero-order chi connectivity index (χ0) is 24.2. The van der Waals surface area contributed by atoms with Crippen LogP contribution in [0.15, 0.2) is 18.2 Å². The van der Waals surface area contributed by atoms with Crippen LogP contribution in [0.1, 0.15) is 42.6 Å². The minimum Gasteiger partial charge on any atom is -0.477 e. The van der Waals surface area contributed by atoms with Crippen LogP contribution in [0.4, 0.5) is 0 Å². The van der Waals surface area contributed by atoms with Crippen molar-refractivity contribution in [3.05, 3.63) is 28.8 Å². The van der Waals surface area contributed by atoms with Crippen LogP contribution in [0.3, 0.4) is 0 Å². The molecule has 11 nitrogen and oxygen atoms in total. The lowest BCUT2D eigenvalue weighted by Gasteiger charge is -2.50. The van der Waals surface area contributed by atoms with Crippen molar-refractivity contribution >= 4 is 45.4 Å². The summed E-state index contributed by atoms with van der Waals surface area (Å²) in [5.41, 5.74) is -0.734. The highest BCUT2D eigenvalue weighted by molar-refractivity contribution is 7.18. The molecule has 0 bridgehead atoms. The first kappa shape index (κ1) is 23.1. The van der Waals surface area contributed by atoms with Crippen molar-refractivity contribution in [1.29, 1.82) is 0 Å². The van der Waals surface area contributed by atoms with Crippen molar-refractivity contribution in [3.63, 3.8) is 0 Å². The fourth-order valence-corrected chi connectivity index (χ4v) is 6.19. The Morgan fingerprint density at radius 3 is 2.64 bits per heavy atom. The van der Waals surface area contributed by atoms with Gasteiger partial charge in [0.15, 0.2) is 0 Å². The fourth-order valence-electron chi connectivity index (χ4n) is 4.92. The van der Waals surface area contributed by atoms with Crippen LogP contribution in [0.2, 0.25) is 0 Å². The highest BCUT2D eigenvalue weighted by atomic mass is 32.1. The molecular formula is C21H23N3O8S. The number of imidazole rings is 1. The van der Waals surface area contributed by atoms with Gasteiger partial charge in [0.1, 0.15) is 29.2 Å². The summed E-state index contributed by atoms with van der Waals surface area (Å²) < 4.78 is 6.69. The SMILES string of the molecule is CC(=O)OCC[C@@]1(C)C(c2cn3cnc(C(=O)CO)c3s2)=C(C(=O)O)N2C(=O)[C@H](C(C)O)[C@@H]21. The number of aliphatic carboxylic acids is 1. The molecule has 4 rings (SSSR count). The number of thiazole rings is 1. The number of hydrogen-bond acceptors (Lipinski definition) is 9. The predicted octanol–water partition coefficient (Wildman–Crippen LogP) is 0.547. The highest BCUT2D eigenvalue weighted by Crippen LogP contribution is 2.59. The minimum atomic E-state index is -1.30. The quantitative estimate of drug-likeness (QED) is 0.280. The number of aromatic nitrogens is 2. The van der Waals surface area contributed by atoms with E-state index in [9.17, 15) is 34.5 Å². The van der Waals surface area contributed by atoms with Crippen LogP contribution in [0.25, 0.3) is 10.4 Å². The first-order valence-electron chi connectivity index (χ1n) is 10.3. The maximum atomic E-state index is 12.8. The van der Waals surface area contributed by atoms with E-state index >= 15 is 0 Å². The van der Waals surface area contributed by atoms with Gasteiger partial charge in [0.25, 0.3) is 0 Å². The number of carbonyl (C=O) groups is 4. The average molecular weight is 477 g/mol. The van der Waals surface area contributed by atoms with Gasteiger partial charge in [-0.2, -0.15) is 0 Å². The molecule has 2 aromatic rings. The van der Waals surface area contributed by atoms with E-state index in [0.29, 0.717) is 15.3 Å². The van der Waals surface area contributed by atoms with Gasteiger partial charge in [-0.15, -0.1) is 11.3 Å². The van der Waals surface area contributed by atoms with Crippen LogP contribution < -0.4 is 0 Å². The Hall–Kier alpha value is -3.09. The van der Waals surface area contributed by atoms with E-state index in [2.05, 4.69) is 4.98 Å². The molecule has 1 fully saturated rings. The molecule has 0 radical (unpaired) electrons. The lowest BCUT2D eigenvalue weighted by atomic mass is 9.66. The van der Waals surface area contributed by atoms with Gasteiger partial charge >= 0.3 is 11.9 Å². The molecule has 2 aliphatic rings. The van der Waals surface area contributed by atoms with Crippen LogP contribution in [0, 0.1) is 11.3 Å². The number of Topliss-reactive ketones (excluding diaryl/α,β-unsaturated/α-hetero) is 1. The molecule has 176 valence electrons. The smallest absolute Gasteiger partial charge is 0.352 e. The summed E-state index contributed by atoms with van der Waals surface area (Å²) in [4.78, 5) is 54.7. The van der Waals surface area contributed by atoms with Crippen molar-refractivity contribution < 1.29 is 39.2 Å². The standard InChI is InChI=1S/C21H23N3O8S/c1-9(26)13-17-21(3,4-5-32-10(2)27)14(16(20(30)31)24(17)18(13)29)12-6-23-8-22-15(11(28)7-25)19(23)33-12/h6,8-9,13,17,25-26H,4-5,7H2,1-3H3,(H,30,31)/t9?,13-,17-,21+/m1/s1. The second-order valence-corrected chi connectivity index (χ2v) is 9.47. The number of hydrogen-bond donors (Lipinski definition) is 3. The number of fused-ring (bicyclic) bond motifs is 2. The second kappa shape index (κ2) is 8.04. The van der Waals surface area contributed by atoms with Crippen molar-refractivity contribution in [1.82, 2.24) is 14.3 Å². The Balaban J connectivity index is 1.89. The van der Waals surface area contributed by atoms with Crippen molar-refractivity contribution in [3.8, 4) is 0 Å². The van der Waals surface area contributed by atoms with Crippen LogP contribution >= 0.6 is 11.3 Å². The van der Waals surface area contributed by atoms with Crippen molar-refractivity contribution in [2.75, 3.05) is 13.2 Å². The normalized spacial score (nSPS) is 25.2. The summed E-state index contributed by atoms with van der Waals surface area (Å²) in [6.07, 6.45) is 2.22. The third-order valence-corrected chi connectivity index (χ3v) is 7.48. The van der Waals surface area contributed by atoms with Gasteiger partial charge in [-0.05, 0) is 13.3 Å². The van der Waals surface area contributed by atoms with Crippen LogP contribution in [0.5, 0.6) is 0 Å². The molecule has 2 aliphatic heterocycles. The number of ether oxygens (including phenoxy) is 1. The molecule has 4 heterocycles. The molecular weight excluding hydrogens is 454 g/mol. The third kappa shape index (κ3) is 3.36. The average Bonchev–Trinajstić information content (AvgIpc) is 3.35. The summed E-state index contributed by atoms with van der Waals surface area (Å²) >= 11 is 1.12. The number of carboxylic acid groups (broad SMARTS) is 1. The summed E-state index contributed by atoms with van der Waals surface area (Å²) in [5.74, 6) is -3.65. The topological polar surface area (TPSA) is 159 Å². The van der Waals surface area contributed by atoms with Gasteiger partial charge in [-0.25, -0.2) is 9.78 Å². The van der Waals surface area contributed by atoms with E-state index in [1.807, 2.05) is 0 Å². The monoisotopic (exact) mass is 477 g/mol. The van der Waals surface area contributed by atoms with E-state index in [1.54, 1.807) is 17.5 Å². The van der Waals surface area contributed by atoms with E-state index in [-0.39, 0.29) is 24.4 Å². The molecule has 1 amide bonds. The van der Waals surface area contributed by atoms with Gasteiger partial charge in [-0.3, -0.25) is 18.8 Å². The summed E-state index contributed by atoms with van der Waals surface area (Å²) in [6.45, 7) is 3.81.